The van der Waals surface area contributed by atoms with E-state index in [0.717, 1.165) is 50.4 Å². The number of nitrogens with one attached hydrogen (secondary N) is 1. The maximum absolute atomic E-state index is 12.4. The lowest BCUT2D eigenvalue weighted by Crippen LogP contribution is -2.43. The van der Waals surface area contributed by atoms with Crippen LogP contribution < -0.4 is 15.1 Å². The quantitative estimate of drug-likeness (QED) is 0.835. The van der Waals surface area contributed by atoms with E-state index < -0.39 is 0 Å². The highest BCUT2D eigenvalue weighted by Gasteiger charge is 2.29. The molecule has 3 heterocycles. The van der Waals surface area contributed by atoms with Crippen molar-refractivity contribution in [2.45, 2.75) is 46.0 Å². The average Bonchev–Trinajstić information content (AvgIpc) is 3.23. The number of piperidine rings is 1. The Morgan fingerprint density at radius 2 is 2.08 bits per heavy atom. The van der Waals surface area contributed by atoms with Crippen molar-refractivity contribution in [3.63, 3.8) is 0 Å². The third-order valence-electron chi connectivity index (χ3n) is 4.79. The summed E-state index contributed by atoms with van der Waals surface area (Å²) in [4.78, 5) is 28.1. The van der Waals surface area contributed by atoms with Crippen LogP contribution in [-0.2, 0) is 9.59 Å². The van der Waals surface area contributed by atoms with Gasteiger partial charge in [0.2, 0.25) is 22.1 Å². The molecule has 2 fully saturated rings. The van der Waals surface area contributed by atoms with Gasteiger partial charge in [0.05, 0.1) is 5.92 Å². The first-order chi connectivity index (χ1) is 12.0. The minimum absolute atomic E-state index is 0.00156. The Labute approximate surface area is 152 Å². The van der Waals surface area contributed by atoms with Gasteiger partial charge in [0, 0.05) is 32.6 Å². The standard InChI is InChI=1S/C17H27N5O2S/c1-12(2)7-8-18-15(24)13-5-3-9-21(11-13)16-19-20-17(25-16)22-10-4-6-14(22)23/h12-13H,3-11H2,1-2H3,(H,18,24)/t13-/m0/s1. The number of hydrogen-bond acceptors (Lipinski definition) is 6. The van der Waals surface area contributed by atoms with Gasteiger partial charge in [0.25, 0.3) is 0 Å². The monoisotopic (exact) mass is 365 g/mol. The lowest BCUT2D eigenvalue weighted by Gasteiger charge is -2.31. The van der Waals surface area contributed by atoms with Crippen LogP contribution in [-0.4, -0.2) is 48.2 Å². The van der Waals surface area contributed by atoms with Crippen LogP contribution in [0.2, 0.25) is 0 Å². The molecule has 1 aromatic heterocycles. The van der Waals surface area contributed by atoms with Crippen molar-refractivity contribution in [1.29, 1.82) is 0 Å². The fourth-order valence-corrected chi connectivity index (χ4v) is 4.21. The molecule has 0 aromatic carbocycles. The molecule has 0 spiro atoms. The molecular weight excluding hydrogens is 338 g/mol. The fraction of sp³-hybridized carbons (Fsp3) is 0.765. The highest BCUT2D eigenvalue weighted by Crippen LogP contribution is 2.32. The second kappa shape index (κ2) is 8.12. The van der Waals surface area contributed by atoms with Crippen LogP contribution in [0, 0.1) is 11.8 Å². The number of rotatable bonds is 6. The third kappa shape index (κ3) is 4.48. The topological polar surface area (TPSA) is 78.4 Å². The van der Waals surface area contributed by atoms with E-state index in [9.17, 15) is 9.59 Å². The lowest BCUT2D eigenvalue weighted by atomic mass is 9.97. The molecule has 7 nitrogen and oxygen atoms in total. The summed E-state index contributed by atoms with van der Waals surface area (Å²) in [5.41, 5.74) is 0. The Bertz CT molecular complexity index is 618. The zero-order valence-corrected chi connectivity index (χ0v) is 15.8. The van der Waals surface area contributed by atoms with Gasteiger partial charge in [-0.2, -0.15) is 0 Å². The van der Waals surface area contributed by atoms with E-state index in [1.807, 2.05) is 0 Å². The van der Waals surface area contributed by atoms with E-state index >= 15 is 0 Å². The van der Waals surface area contributed by atoms with E-state index in [2.05, 4.69) is 34.3 Å². The predicted molar refractivity (Wildman–Crippen MR) is 98.9 cm³/mol. The zero-order chi connectivity index (χ0) is 17.8. The minimum atomic E-state index is 0.00156. The lowest BCUT2D eigenvalue weighted by molar-refractivity contribution is -0.125. The van der Waals surface area contributed by atoms with Crippen LogP contribution in [0.4, 0.5) is 10.3 Å². The summed E-state index contributed by atoms with van der Waals surface area (Å²) in [5.74, 6) is 0.867. The maximum Gasteiger partial charge on any atom is 0.228 e. The SMILES string of the molecule is CC(C)CCNC(=O)[C@H]1CCCN(c2nnc(N3CCCC3=O)s2)C1. The molecule has 0 unspecified atom stereocenters. The van der Waals surface area contributed by atoms with Gasteiger partial charge in [-0.25, -0.2) is 0 Å². The van der Waals surface area contributed by atoms with E-state index in [4.69, 9.17) is 0 Å². The summed E-state index contributed by atoms with van der Waals surface area (Å²) in [6.07, 6.45) is 4.37. The highest BCUT2D eigenvalue weighted by atomic mass is 32.1. The number of carbonyl (C=O) groups is 2. The van der Waals surface area contributed by atoms with Crippen LogP contribution in [0.15, 0.2) is 0 Å². The first kappa shape index (κ1) is 18.1. The van der Waals surface area contributed by atoms with Crippen molar-refractivity contribution in [1.82, 2.24) is 15.5 Å². The molecule has 1 aromatic rings. The predicted octanol–water partition coefficient (Wildman–Crippen LogP) is 2.04. The van der Waals surface area contributed by atoms with Crippen LogP contribution in [0.5, 0.6) is 0 Å². The number of anilines is 2. The Hall–Kier alpha value is -1.70. The van der Waals surface area contributed by atoms with Gasteiger partial charge < -0.3 is 10.2 Å². The number of amides is 2. The van der Waals surface area contributed by atoms with Gasteiger partial charge in [0.1, 0.15) is 0 Å². The smallest absolute Gasteiger partial charge is 0.228 e. The summed E-state index contributed by atoms with van der Waals surface area (Å²) in [6, 6.07) is 0. The van der Waals surface area contributed by atoms with E-state index in [0.29, 0.717) is 24.0 Å². The van der Waals surface area contributed by atoms with Crippen molar-refractivity contribution < 1.29 is 9.59 Å². The summed E-state index contributed by atoms with van der Waals surface area (Å²) < 4.78 is 0. The first-order valence-electron chi connectivity index (χ1n) is 9.21. The van der Waals surface area contributed by atoms with Crippen molar-refractivity contribution >= 4 is 33.4 Å². The van der Waals surface area contributed by atoms with E-state index in [-0.39, 0.29) is 17.7 Å². The van der Waals surface area contributed by atoms with Crippen molar-refractivity contribution in [3.8, 4) is 0 Å². The van der Waals surface area contributed by atoms with Gasteiger partial charge in [-0.3, -0.25) is 14.5 Å². The maximum atomic E-state index is 12.4. The summed E-state index contributed by atoms with van der Waals surface area (Å²) in [6.45, 7) is 7.36. The molecule has 138 valence electrons. The zero-order valence-electron chi connectivity index (χ0n) is 15.0. The molecule has 0 bridgehead atoms. The van der Waals surface area contributed by atoms with E-state index in [1.165, 1.54) is 11.3 Å². The molecule has 0 aliphatic carbocycles. The van der Waals surface area contributed by atoms with Gasteiger partial charge >= 0.3 is 0 Å². The normalized spacial score (nSPS) is 21.2. The average molecular weight is 366 g/mol. The van der Waals surface area contributed by atoms with Crippen molar-refractivity contribution in [3.05, 3.63) is 0 Å². The number of nitrogens with zero attached hydrogens (tertiary/aromatic N) is 4. The molecule has 3 rings (SSSR count). The molecule has 2 amide bonds. The van der Waals surface area contributed by atoms with Gasteiger partial charge in [-0.05, 0) is 31.6 Å². The number of hydrogen-bond donors (Lipinski definition) is 1. The molecule has 0 radical (unpaired) electrons. The largest absolute Gasteiger partial charge is 0.356 e. The second-order valence-corrected chi connectivity index (χ2v) is 8.21. The van der Waals surface area contributed by atoms with Crippen molar-refractivity contribution in [2.24, 2.45) is 11.8 Å². The molecule has 1 N–H and O–H groups in total. The fourth-order valence-electron chi connectivity index (χ4n) is 3.29. The molecule has 2 saturated heterocycles. The number of aromatic nitrogens is 2. The Morgan fingerprint density at radius 3 is 2.80 bits per heavy atom. The van der Waals surface area contributed by atoms with Crippen LogP contribution >= 0.6 is 11.3 Å². The molecule has 1 atom stereocenters. The Morgan fingerprint density at radius 1 is 1.28 bits per heavy atom. The summed E-state index contributed by atoms with van der Waals surface area (Å²) in [7, 11) is 0. The van der Waals surface area contributed by atoms with Crippen LogP contribution in [0.3, 0.4) is 0 Å². The van der Waals surface area contributed by atoms with Gasteiger partial charge in [0.15, 0.2) is 0 Å². The van der Waals surface area contributed by atoms with Crippen molar-refractivity contribution in [2.75, 3.05) is 36.0 Å². The molecule has 0 saturated carbocycles. The second-order valence-electron chi connectivity index (χ2n) is 7.27. The Balaban J connectivity index is 1.57. The molecule has 2 aliphatic heterocycles. The van der Waals surface area contributed by atoms with Gasteiger partial charge in [-0.1, -0.05) is 25.2 Å². The van der Waals surface area contributed by atoms with Crippen LogP contribution in [0.1, 0.15) is 46.0 Å². The molecule has 25 heavy (non-hydrogen) atoms. The number of carbonyl (C=O) groups excluding carboxylic acids is 2. The molecular formula is C17H27N5O2S. The third-order valence-corrected chi connectivity index (χ3v) is 5.80. The first-order valence-corrected chi connectivity index (χ1v) is 10.0. The van der Waals surface area contributed by atoms with E-state index in [1.54, 1.807) is 4.90 Å². The molecule has 8 heteroatoms. The highest BCUT2D eigenvalue weighted by molar-refractivity contribution is 7.19. The molecule has 2 aliphatic rings. The summed E-state index contributed by atoms with van der Waals surface area (Å²) in [5, 5.41) is 13.0. The van der Waals surface area contributed by atoms with Crippen LogP contribution in [0.25, 0.3) is 0 Å². The van der Waals surface area contributed by atoms with Gasteiger partial charge in [-0.15, -0.1) is 10.2 Å². The Kier molecular flexibility index (Phi) is 5.88. The summed E-state index contributed by atoms with van der Waals surface area (Å²) >= 11 is 1.45. The minimum Gasteiger partial charge on any atom is -0.356 e.